The molecule has 1 aromatic rings. The van der Waals surface area contributed by atoms with Gasteiger partial charge < -0.3 is 14.2 Å². The third-order valence-electron chi connectivity index (χ3n) is 8.71. The van der Waals surface area contributed by atoms with Gasteiger partial charge in [-0.2, -0.15) is 0 Å². The summed E-state index contributed by atoms with van der Waals surface area (Å²) < 4.78 is 17.0. The lowest BCUT2D eigenvalue weighted by Crippen LogP contribution is -2.40. The fraction of sp³-hybridized carbons (Fsp3) is 0.719. The summed E-state index contributed by atoms with van der Waals surface area (Å²) in [7, 11) is 0. The third kappa shape index (κ3) is 8.31. The zero-order valence-electron chi connectivity index (χ0n) is 24.3. The molecule has 5 atom stereocenters. The van der Waals surface area contributed by atoms with Gasteiger partial charge in [-0.3, -0.25) is 14.4 Å². The molecule has 0 bridgehead atoms. The van der Waals surface area contributed by atoms with Crippen LogP contribution in [-0.4, -0.2) is 30.6 Å². The highest BCUT2D eigenvalue weighted by Gasteiger charge is 2.44. The summed E-state index contributed by atoms with van der Waals surface area (Å²) >= 11 is 0. The monoisotopic (exact) mass is 528 g/mol. The number of fused-ring (bicyclic) bond motifs is 1. The van der Waals surface area contributed by atoms with Gasteiger partial charge in [0.15, 0.2) is 0 Å². The minimum atomic E-state index is -0.329. The van der Waals surface area contributed by atoms with Crippen molar-refractivity contribution in [2.45, 2.75) is 123 Å². The summed E-state index contributed by atoms with van der Waals surface area (Å²) in [6.45, 7) is 11.6. The Balaban J connectivity index is 1.93. The van der Waals surface area contributed by atoms with Crippen molar-refractivity contribution in [1.82, 2.24) is 0 Å². The molecular formula is C32H48O6. The van der Waals surface area contributed by atoms with Gasteiger partial charge in [0.1, 0.15) is 11.9 Å². The van der Waals surface area contributed by atoms with E-state index in [1.807, 2.05) is 0 Å². The van der Waals surface area contributed by atoms with E-state index >= 15 is 0 Å². The molecule has 2 fully saturated rings. The number of carbonyl (C=O) groups is 3. The van der Waals surface area contributed by atoms with Crippen molar-refractivity contribution < 1.29 is 28.6 Å². The van der Waals surface area contributed by atoms with E-state index in [1.165, 1.54) is 52.0 Å². The Morgan fingerprint density at radius 2 is 1.68 bits per heavy atom. The summed E-state index contributed by atoms with van der Waals surface area (Å²) in [5.74, 6) is 0.962. The molecule has 0 radical (unpaired) electrons. The van der Waals surface area contributed by atoms with Crippen molar-refractivity contribution in [3.05, 3.63) is 29.3 Å². The maximum absolute atomic E-state index is 12.2. The minimum absolute atomic E-state index is 0.0312. The van der Waals surface area contributed by atoms with Crippen LogP contribution in [0.4, 0.5) is 0 Å². The smallest absolute Gasteiger partial charge is 0.308 e. The van der Waals surface area contributed by atoms with E-state index in [4.69, 9.17) is 14.2 Å². The number of esters is 3. The summed E-state index contributed by atoms with van der Waals surface area (Å²) in [5, 5.41) is 0. The molecule has 2 aliphatic rings. The maximum Gasteiger partial charge on any atom is 0.308 e. The van der Waals surface area contributed by atoms with E-state index in [0.29, 0.717) is 36.5 Å². The van der Waals surface area contributed by atoms with Crippen LogP contribution in [0.25, 0.3) is 0 Å². The number of ether oxygens (including phenoxy) is 3. The first-order valence-electron chi connectivity index (χ1n) is 14.6. The third-order valence-corrected chi connectivity index (χ3v) is 8.71. The normalized spacial score (nSPS) is 25.3. The van der Waals surface area contributed by atoms with Crippen molar-refractivity contribution >= 4 is 17.9 Å². The minimum Gasteiger partial charge on any atom is -0.466 e. The Labute approximate surface area is 229 Å². The van der Waals surface area contributed by atoms with Gasteiger partial charge in [-0.05, 0) is 84.8 Å². The lowest BCUT2D eigenvalue weighted by Gasteiger charge is -2.46. The Morgan fingerprint density at radius 1 is 0.921 bits per heavy atom. The van der Waals surface area contributed by atoms with E-state index in [9.17, 15) is 14.4 Å². The second-order valence-electron chi connectivity index (χ2n) is 12.3. The molecular weight excluding hydrogens is 480 g/mol. The number of benzene rings is 1. The highest BCUT2D eigenvalue weighted by atomic mass is 16.5. The van der Waals surface area contributed by atoms with Crippen LogP contribution in [0.5, 0.6) is 5.75 Å². The standard InChI is InChI=1S/C32H48O6/c1-7-8-9-10-15-32(5,6)26-13-14-28(31(18-26)38-23(4)35)30-19-27(37-22(3)34)17-25-12-11-24(16-29(25)30)20-36-21(2)33/h13-14,18,24-25,27,29-30H,7-12,15-17,19-20H2,1-6H3. The van der Waals surface area contributed by atoms with Crippen molar-refractivity contribution in [2.24, 2.45) is 17.8 Å². The Morgan fingerprint density at radius 3 is 2.34 bits per heavy atom. The second-order valence-corrected chi connectivity index (χ2v) is 12.3. The first-order valence-corrected chi connectivity index (χ1v) is 14.6. The van der Waals surface area contributed by atoms with Gasteiger partial charge in [0.25, 0.3) is 0 Å². The van der Waals surface area contributed by atoms with E-state index < -0.39 is 0 Å². The fourth-order valence-electron chi connectivity index (χ4n) is 6.75. The quantitative estimate of drug-likeness (QED) is 0.171. The van der Waals surface area contributed by atoms with Crippen LogP contribution in [0.2, 0.25) is 0 Å². The summed E-state index contributed by atoms with van der Waals surface area (Å²) in [4.78, 5) is 35.5. The van der Waals surface area contributed by atoms with Gasteiger partial charge in [0.05, 0.1) is 6.61 Å². The van der Waals surface area contributed by atoms with Gasteiger partial charge >= 0.3 is 17.9 Å². The van der Waals surface area contributed by atoms with E-state index in [0.717, 1.165) is 37.7 Å². The van der Waals surface area contributed by atoms with Gasteiger partial charge in [-0.25, -0.2) is 0 Å². The Bertz CT molecular complexity index is 967. The van der Waals surface area contributed by atoms with Gasteiger partial charge in [0.2, 0.25) is 0 Å². The Hall–Kier alpha value is -2.37. The van der Waals surface area contributed by atoms with E-state index in [2.05, 4.69) is 39.0 Å². The van der Waals surface area contributed by atoms with Crippen LogP contribution >= 0.6 is 0 Å². The first-order chi connectivity index (χ1) is 18.0. The molecule has 6 nitrogen and oxygen atoms in total. The molecule has 2 aliphatic carbocycles. The highest BCUT2D eigenvalue weighted by Crippen LogP contribution is 2.52. The average Bonchev–Trinajstić information content (AvgIpc) is 2.84. The van der Waals surface area contributed by atoms with Gasteiger partial charge in [-0.1, -0.05) is 58.6 Å². The Kier molecular flexibility index (Phi) is 10.8. The van der Waals surface area contributed by atoms with Crippen LogP contribution in [0.3, 0.4) is 0 Å². The highest BCUT2D eigenvalue weighted by molar-refractivity contribution is 5.70. The van der Waals surface area contributed by atoms with Crippen LogP contribution in [0, 0.1) is 17.8 Å². The molecule has 0 heterocycles. The van der Waals surface area contributed by atoms with Crippen molar-refractivity contribution in [3.63, 3.8) is 0 Å². The number of unbranched alkanes of at least 4 members (excludes halogenated alkanes) is 3. The zero-order chi connectivity index (χ0) is 27.9. The number of hydrogen-bond acceptors (Lipinski definition) is 6. The molecule has 38 heavy (non-hydrogen) atoms. The molecule has 5 unspecified atom stereocenters. The molecule has 212 valence electrons. The summed E-state index contributed by atoms with van der Waals surface area (Å²) in [6, 6.07) is 6.42. The molecule has 0 aliphatic heterocycles. The second kappa shape index (κ2) is 13.6. The van der Waals surface area contributed by atoms with Crippen LogP contribution in [0.15, 0.2) is 18.2 Å². The molecule has 0 saturated heterocycles. The lowest BCUT2D eigenvalue weighted by atomic mass is 9.60. The number of rotatable bonds is 11. The molecule has 2 saturated carbocycles. The molecule has 0 aromatic heterocycles. The topological polar surface area (TPSA) is 78.9 Å². The summed E-state index contributed by atoms with van der Waals surface area (Å²) in [6.07, 6.45) is 10.3. The molecule has 6 heteroatoms. The molecule has 3 rings (SSSR count). The maximum atomic E-state index is 12.2. The predicted octanol–water partition coefficient (Wildman–Crippen LogP) is 7.26. The van der Waals surface area contributed by atoms with Crippen molar-refractivity contribution in [2.75, 3.05) is 6.61 Å². The molecule has 1 aromatic carbocycles. The number of hydrogen-bond donors (Lipinski definition) is 0. The zero-order valence-corrected chi connectivity index (χ0v) is 24.3. The van der Waals surface area contributed by atoms with Crippen LogP contribution < -0.4 is 4.74 Å². The predicted molar refractivity (Wildman–Crippen MR) is 148 cm³/mol. The lowest BCUT2D eigenvalue weighted by molar-refractivity contribution is -0.150. The van der Waals surface area contributed by atoms with Crippen LogP contribution in [-0.2, 0) is 29.3 Å². The number of carbonyl (C=O) groups excluding carboxylic acids is 3. The van der Waals surface area contributed by atoms with Gasteiger partial charge in [-0.15, -0.1) is 0 Å². The summed E-state index contributed by atoms with van der Waals surface area (Å²) in [5.41, 5.74) is 2.16. The fourth-order valence-corrected chi connectivity index (χ4v) is 6.75. The van der Waals surface area contributed by atoms with Crippen LogP contribution in [0.1, 0.15) is 123 Å². The van der Waals surface area contributed by atoms with E-state index in [-0.39, 0.29) is 35.3 Å². The molecule has 0 spiro atoms. The van der Waals surface area contributed by atoms with Gasteiger partial charge in [0, 0.05) is 20.8 Å². The average molecular weight is 529 g/mol. The first kappa shape index (κ1) is 30.2. The molecule has 0 N–H and O–H groups in total. The largest absolute Gasteiger partial charge is 0.466 e. The van der Waals surface area contributed by atoms with Crippen molar-refractivity contribution in [3.8, 4) is 5.75 Å². The SMILES string of the molecule is CCCCCCC(C)(C)c1ccc(C2CC(OC(C)=O)CC3CCC(COC(C)=O)CC32)c(OC(C)=O)c1. The van der Waals surface area contributed by atoms with Crippen molar-refractivity contribution in [1.29, 1.82) is 0 Å². The molecule has 0 amide bonds. The van der Waals surface area contributed by atoms with E-state index in [1.54, 1.807) is 0 Å².